The molecular weight excluding hydrogens is 372 g/mol. The monoisotopic (exact) mass is 386 g/mol. The Bertz CT molecular complexity index is 901. The van der Waals surface area contributed by atoms with Crippen molar-refractivity contribution in [2.24, 2.45) is 0 Å². The fourth-order valence-electron chi connectivity index (χ4n) is 2.07. The highest BCUT2D eigenvalue weighted by Crippen LogP contribution is 2.27. The van der Waals surface area contributed by atoms with E-state index in [1.165, 1.54) is 38.3 Å². The van der Waals surface area contributed by atoms with E-state index in [1.807, 2.05) is 0 Å². The summed E-state index contributed by atoms with van der Waals surface area (Å²) in [5.41, 5.74) is -0.776. The Morgan fingerprint density at radius 3 is 2.41 bits per heavy atom. The maximum atomic E-state index is 12.8. The van der Waals surface area contributed by atoms with Gasteiger partial charge in [-0.2, -0.15) is 17.6 Å². The third-order valence-electron chi connectivity index (χ3n) is 3.32. The van der Waals surface area contributed by atoms with Gasteiger partial charge in [0.15, 0.2) is 5.78 Å². The number of hydrogen-bond donors (Lipinski definition) is 0. The Hall–Kier alpha value is -3.10. The van der Waals surface area contributed by atoms with E-state index >= 15 is 0 Å². The molecule has 27 heavy (non-hydrogen) atoms. The zero-order chi connectivity index (χ0) is 20.2. The number of alkyl halides is 4. The van der Waals surface area contributed by atoms with Crippen molar-refractivity contribution in [3.05, 3.63) is 63.7 Å². The first kappa shape index (κ1) is 20.2. The minimum Gasteiger partial charge on any atom is -0.496 e. The molecule has 0 saturated heterocycles. The number of benzene rings is 1. The van der Waals surface area contributed by atoms with Crippen LogP contribution in [0.1, 0.15) is 21.7 Å². The molecule has 1 aromatic carbocycles. The first-order valence-corrected chi connectivity index (χ1v) is 7.50. The van der Waals surface area contributed by atoms with Crippen LogP contribution in [0.15, 0.2) is 45.6 Å². The lowest BCUT2D eigenvalue weighted by atomic mass is 10.1. The van der Waals surface area contributed by atoms with Gasteiger partial charge in [-0.15, -0.1) is 0 Å². The van der Waals surface area contributed by atoms with Gasteiger partial charge in [0.25, 0.3) is 0 Å². The minimum atomic E-state index is -4.61. The maximum Gasteiger partial charge on any atom is 0.461 e. The number of carbonyl (C=O) groups excluding carboxylic acids is 1. The summed E-state index contributed by atoms with van der Waals surface area (Å²) in [5.74, 6) is -0.834. The number of rotatable bonds is 7. The number of ether oxygens (including phenoxy) is 2. The van der Waals surface area contributed by atoms with Crippen LogP contribution in [-0.2, 0) is 0 Å². The Morgan fingerprint density at radius 1 is 1.22 bits per heavy atom. The second-order valence-electron chi connectivity index (χ2n) is 5.32. The van der Waals surface area contributed by atoms with Crippen molar-refractivity contribution < 1.29 is 36.2 Å². The molecule has 0 aliphatic carbocycles. The van der Waals surface area contributed by atoms with Crippen LogP contribution in [0.2, 0.25) is 0 Å². The Labute approximate surface area is 150 Å². The molecule has 0 N–H and O–H groups in total. The van der Waals surface area contributed by atoms with E-state index in [0.717, 1.165) is 18.2 Å². The van der Waals surface area contributed by atoms with Gasteiger partial charge in [-0.1, -0.05) is 18.2 Å². The van der Waals surface area contributed by atoms with Gasteiger partial charge >= 0.3 is 18.2 Å². The lowest BCUT2D eigenvalue weighted by Gasteiger charge is -2.16. The summed E-state index contributed by atoms with van der Waals surface area (Å²) in [7, 11) is 1.29. The fourth-order valence-corrected chi connectivity index (χ4v) is 2.07. The lowest BCUT2D eigenvalue weighted by molar-refractivity contribution is -0.253. The van der Waals surface area contributed by atoms with Crippen molar-refractivity contribution >= 4 is 11.9 Å². The molecule has 144 valence electrons. The number of allylic oxidation sites excluding steroid dienone is 1. The molecule has 0 saturated carbocycles. The second-order valence-corrected chi connectivity index (χ2v) is 5.32. The summed E-state index contributed by atoms with van der Waals surface area (Å²) in [6.07, 6.45) is -6.21. The molecule has 5 nitrogen and oxygen atoms in total. The lowest BCUT2D eigenvalue weighted by Crippen LogP contribution is -2.33. The third-order valence-corrected chi connectivity index (χ3v) is 3.32. The third kappa shape index (κ3) is 4.96. The highest BCUT2D eigenvalue weighted by molar-refractivity contribution is 6.08. The summed E-state index contributed by atoms with van der Waals surface area (Å²) in [5, 5.41) is 0. The van der Waals surface area contributed by atoms with E-state index < -0.39 is 29.7 Å². The Balaban J connectivity index is 2.17. The summed E-state index contributed by atoms with van der Waals surface area (Å²) in [6.45, 7) is 1.52. The molecule has 1 aromatic heterocycles. The smallest absolute Gasteiger partial charge is 0.461 e. The van der Waals surface area contributed by atoms with Gasteiger partial charge in [0, 0.05) is 6.07 Å². The molecular formula is C18H14F4O5. The molecule has 0 atom stereocenters. The quantitative estimate of drug-likeness (QED) is 0.407. The number of halogens is 4. The number of ketones is 1. The van der Waals surface area contributed by atoms with Crippen LogP contribution in [0.25, 0.3) is 6.08 Å². The molecule has 1 heterocycles. The summed E-state index contributed by atoms with van der Waals surface area (Å²) in [6, 6.07) is 6.02. The topological polar surface area (TPSA) is 65.7 Å². The number of hydrogen-bond acceptors (Lipinski definition) is 5. The minimum absolute atomic E-state index is 0.0522. The van der Waals surface area contributed by atoms with Crippen molar-refractivity contribution in [3.63, 3.8) is 0 Å². The van der Waals surface area contributed by atoms with Crippen molar-refractivity contribution in [1.82, 2.24) is 0 Å². The normalized spacial score (nSPS) is 11.8. The summed E-state index contributed by atoms with van der Waals surface area (Å²) >= 11 is 0. The molecule has 2 aromatic rings. The average molecular weight is 386 g/mol. The largest absolute Gasteiger partial charge is 0.496 e. The molecule has 0 aliphatic heterocycles. The van der Waals surface area contributed by atoms with Crippen molar-refractivity contribution in [1.29, 1.82) is 0 Å². The predicted molar refractivity (Wildman–Crippen MR) is 87.7 cm³/mol. The van der Waals surface area contributed by atoms with E-state index in [0.29, 0.717) is 5.56 Å². The van der Waals surface area contributed by atoms with Gasteiger partial charge in [0.05, 0.1) is 7.11 Å². The van der Waals surface area contributed by atoms with E-state index in [-0.39, 0.29) is 17.1 Å². The Kier molecular flexibility index (Phi) is 6.04. The zero-order valence-electron chi connectivity index (χ0n) is 14.2. The fraction of sp³-hybridized carbons (Fsp3) is 0.222. The van der Waals surface area contributed by atoms with Crippen LogP contribution in [0.3, 0.4) is 0 Å². The molecule has 0 amide bonds. The second kappa shape index (κ2) is 8.07. The first-order chi connectivity index (χ1) is 12.6. The number of methoxy groups -OCH3 is 1. The van der Waals surface area contributed by atoms with Crippen LogP contribution in [0, 0.1) is 6.92 Å². The first-order valence-electron chi connectivity index (χ1n) is 7.50. The molecule has 0 unspecified atom stereocenters. The molecule has 0 fully saturated rings. The van der Waals surface area contributed by atoms with Gasteiger partial charge in [-0.25, -0.2) is 4.79 Å². The average Bonchev–Trinajstić information content (AvgIpc) is 2.59. The van der Waals surface area contributed by atoms with Crippen molar-refractivity contribution in [2.75, 3.05) is 7.11 Å². The highest BCUT2D eigenvalue weighted by atomic mass is 19.3. The molecule has 0 bridgehead atoms. The predicted octanol–water partition coefficient (Wildman–Crippen LogP) is 4.09. The maximum absolute atomic E-state index is 12.8. The SMILES string of the molecule is COc1cc(C)oc(=O)c1C(=O)C=Cc1ccc(OC(F)(F)C(F)F)cc1. The van der Waals surface area contributed by atoms with Crippen LogP contribution in [0.4, 0.5) is 17.6 Å². The summed E-state index contributed by atoms with van der Waals surface area (Å²) < 4.78 is 63.7. The van der Waals surface area contributed by atoms with Gasteiger partial charge in [-0.3, -0.25) is 4.79 Å². The molecule has 0 spiro atoms. The molecule has 2 rings (SSSR count). The zero-order valence-corrected chi connectivity index (χ0v) is 14.2. The summed E-state index contributed by atoms with van der Waals surface area (Å²) in [4.78, 5) is 24.1. The highest BCUT2D eigenvalue weighted by Gasteiger charge is 2.43. The Morgan fingerprint density at radius 2 is 1.85 bits per heavy atom. The van der Waals surface area contributed by atoms with Crippen LogP contribution in [-0.4, -0.2) is 25.4 Å². The van der Waals surface area contributed by atoms with Crippen LogP contribution in [0.5, 0.6) is 11.5 Å². The molecule has 0 aliphatic rings. The van der Waals surface area contributed by atoms with E-state index in [1.54, 1.807) is 0 Å². The van der Waals surface area contributed by atoms with Crippen molar-refractivity contribution in [2.45, 2.75) is 19.5 Å². The number of carbonyl (C=O) groups is 1. The van der Waals surface area contributed by atoms with Gasteiger partial charge in [-0.05, 0) is 30.7 Å². The molecule has 9 heteroatoms. The van der Waals surface area contributed by atoms with Crippen LogP contribution < -0.4 is 15.1 Å². The van der Waals surface area contributed by atoms with Gasteiger partial charge < -0.3 is 13.9 Å². The number of aryl methyl sites for hydroxylation is 1. The standard InChI is InChI=1S/C18H14F4O5/c1-10-9-14(25-2)15(16(24)26-10)13(23)8-5-11-3-6-12(7-4-11)27-18(21,22)17(19)20/h3-9,17H,1-2H3. The van der Waals surface area contributed by atoms with E-state index in [4.69, 9.17) is 9.15 Å². The van der Waals surface area contributed by atoms with E-state index in [9.17, 15) is 27.2 Å². The van der Waals surface area contributed by atoms with Crippen LogP contribution >= 0.6 is 0 Å². The van der Waals surface area contributed by atoms with Gasteiger partial charge in [0.2, 0.25) is 0 Å². The molecule has 0 radical (unpaired) electrons. The van der Waals surface area contributed by atoms with E-state index in [2.05, 4.69) is 4.74 Å². The van der Waals surface area contributed by atoms with Crippen molar-refractivity contribution in [3.8, 4) is 11.5 Å². The van der Waals surface area contributed by atoms with Gasteiger partial charge in [0.1, 0.15) is 22.8 Å².